The zero-order chi connectivity index (χ0) is 10.6. The van der Waals surface area contributed by atoms with Crippen LogP contribution in [0, 0.1) is 0 Å². The molecule has 1 aromatic carbocycles. The molecule has 0 spiro atoms. The fourth-order valence-corrected chi connectivity index (χ4v) is 0.899. The lowest BCUT2D eigenvalue weighted by Gasteiger charge is -1.97. The molecule has 0 aliphatic carbocycles. The van der Waals surface area contributed by atoms with Crippen LogP contribution in [0.4, 0.5) is 5.69 Å². The molecule has 1 rings (SSSR count). The van der Waals surface area contributed by atoms with Crippen LogP contribution in [0.1, 0.15) is 5.56 Å². The number of hydrogen-bond donors (Lipinski definition) is 2. The van der Waals surface area contributed by atoms with Gasteiger partial charge in [-0.05, 0) is 23.8 Å². The Balaban J connectivity index is 2.84. The second-order valence-electron chi connectivity index (χ2n) is 2.63. The minimum absolute atomic E-state index is 0.502. The molecular weight excluding hydrogens is 182 g/mol. The highest BCUT2D eigenvalue weighted by Gasteiger charge is 2.05. The lowest BCUT2D eigenvalue weighted by Crippen LogP contribution is -2.08. The molecule has 0 saturated heterocycles. The number of anilines is 1. The van der Waals surface area contributed by atoms with E-state index in [0.29, 0.717) is 11.3 Å². The van der Waals surface area contributed by atoms with Crippen LogP contribution in [0.5, 0.6) is 0 Å². The molecule has 0 saturated carbocycles. The summed E-state index contributed by atoms with van der Waals surface area (Å²) in [4.78, 5) is 20.9. The van der Waals surface area contributed by atoms with E-state index >= 15 is 0 Å². The van der Waals surface area contributed by atoms with E-state index < -0.39 is 11.8 Å². The van der Waals surface area contributed by atoms with E-state index in [4.69, 9.17) is 10.8 Å². The Kier molecular flexibility index (Phi) is 3.01. The predicted molar refractivity (Wildman–Crippen MR) is 52.5 cm³/mol. The van der Waals surface area contributed by atoms with Gasteiger partial charge in [-0.2, -0.15) is 0 Å². The first-order chi connectivity index (χ1) is 6.61. The molecule has 14 heavy (non-hydrogen) atoms. The molecular formula is C10H9NO3. The van der Waals surface area contributed by atoms with Crippen LogP contribution in [-0.2, 0) is 9.59 Å². The van der Waals surface area contributed by atoms with Crippen LogP contribution in [0.3, 0.4) is 0 Å². The molecule has 4 nitrogen and oxygen atoms in total. The van der Waals surface area contributed by atoms with Crippen molar-refractivity contribution in [3.8, 4) is 0 Å². The van der Waals surface area contributed by atoms with Crippen molar-refractivity contribution in [2.75, 3.05) is 5.73 Å². The van der Waals surface area contributed by atoms with Gasteiger partial charge in [0.25, 0.3) is 5.78 Å². The van der Waals surface area contributed by atoms with Crippen molar-refractivity contribution in [2.45, 2.75) is 0 Å². The lowest BCUT2D eigenvalue weighted by molar-refractivity contribution is -0.146. The summed E-state index contributed by atoms with van der Waals surface area (Å²) in [5.74, 6) is -2.44. The van der Waals surface area contributed by atoms with Crippen molar-refractivity contribution >= 4 is 23.5 Å². The summed E-state index contributed by atoms with van der Waals surface area (Å²) < 4.78 is 0. The Hall–Kier alpha value is -2.10. The van der Waals surface area contributed by atoms with Gasteiger partial charge in [0.15, 0.2) is 0 Å². The molecule has 0 fully saturated rings. The maximum atomic E-state index is 10.7. The number of carboxylic acid groups (broad SMARTS) is 1. The molecule has 0 bridgehead atoms. The third kappa shape index (κ3) is 2.45. The maximum absolute atomic E-state index is 10.7. The van der Waals surface area contributed by atoms with Crippen LogP contribution >= 0.6 is 0 Å². The highest BCUT2D eigenvalue weighted by Crippen LogP contribution is 2.11. The van der Waals surface area contributed by atoms with Gasteiger partial charge in [0.05, 0.1) is 0 Å². The van der Waals surface area contributed by atoms with Crippen molar-refractivity contribution in [1.82, 2.24) is 0 Å². The summed E-state index contributed by atoms with van der Waals surface area (Å²) in [6, 6.07) is 6.87. The van der Waals surface area contributed by atoms with Crippen molar-refractivity contribution in [3.05, 3.63) is 35.9 Å². The number of aliphatic carboxylic acids is 1. The highest BCUT2D eigenvalue weighted by molar-refractivity contribution is 6.38. The van der Waals surface area contributed by atoms with Crippen molar-refractivity contribution in [2.24, 2.45) is 0 Å². The number of carboxylic acids is 1. The van der Waals surface area contributed by atoms with Crippen LogP contribution in [0.25, 0.3) is 6.08 Å². The number of carbonyl (C=O) groups excluding carboxylic acids is 1. The summed E-state index contributed by atoms with van der Waals surface area (Å²) in [7, 11) is 0. The molecule has 0 aliphatic rings. The van der Waals surface area contributed by atoms with E-state index in [1.165, 1.54) is 6.08 Å². The maximum Gasteiger partial charge on any atom is 0.376 e. The Morgan fingerprint density at radius 3 is 2.50 bits per heavy atom. The summed E-state index contributed by atoms with van der Waals surface area (Å²) in [5.41, 5.74) is 6.70. The Morgan fingerprint density at radius 2 is 1.93 bits per heavy atom. The Labute approximate surface area is 80.7 Å². The fraction of sp³-hybridized carbons (Fsp3) is 0. The topological polar surface area (TPSA) is 80.4 Å². The second-order valence-corrected chi connectivity index (χ2v) is 2.63. The van der Waals surface area contributed by atoms with Gasteiger partial charge < -0.3 is 10.8 Å². The van der Waals surface area contributed by atoms with E-state index in [1.54, 1.807) is 24.3 Å². The molecule has 1 aromatic rings. The van der Waals surface area contributed by atoms with Gasteiger partial charge in [0.2, 0.25) is 0 Å². The third-order valence-electron chi connectivity index (χ3n) is 1.62. The Bertz CT molecular complexity index is 396. The second kappa shape index (κ2) is 4.23. The molecule has 3 N–H and O–H groups in total. The largest absolute Gasteiger partial charge is 0.475 e. The van der Waals surface area contributed by atoms with Gasteiger partial charge in [-0.25, -0.2) is 4.79 Å². The number of ketones is 1. The summed E-state index contributed by atoms with van der Waals surface area (Å²) >= 11 is 0. The number of nitrogens with two attached hydrogens (primary N) is 1. The van der Waals surface area contributed by atoms with Gasteiger partial charge in [0.1, 0.15) is 0 Å². The van der Waals surface area contributed by atoms with E-state index in [-0.39, 0.29) is 0 Å². The van der Waals surface area contributed by atoms with Crippen molar-refractivity contribution in [1.29, 1.82) is 0 Å². The van der Waals surface area contributed by atoms with Crippen LogP contribution in [0.15, 0.2) is 30.3 Å². The van der Waals surface area contributed by atoms with Crippen LogP contribution in [0.2, 0.25) is 0 Å². The smallest absolute Gasteiger partial charge is 0.376 e. The van der Waals surface area contributed by atoms with Gasteiger partial charge >= 0.3 is 5.97 Å². The van der Waals surface area contributed by atoms with Gasteiger partial charge in [0, 0.05) is 5.69 Å². The molecule has 72 valence electrons. The SMILES string of the molecule is Nc1ccccc1/C=C/C(=O)C(=O)O. The van der Waals surface area contributed by atoms with Crippen molar-refractivity contribution < 1.29 is 14.7 Å². The van der Waals surface area contributed by atoms with Gasteiger partial charge in [-0.1, -0.05) is 18.2 Å². The minimum Gasteiger partial charge on any atom is -0.475 e. The van der Waals surface area contributed by atoms with E-state index in [0.717, 1.165) is 6.08 Å². The number of nitrogen functional groups attached to an aromatic ring is 1. The first kappa shape index (κ1) is 9.98. The van der Waals surface area contributed by atoms with Crippen molar-refractivity contribution in [3.63, 3.8) is 0 Å². The zero-order valence-electron chi connectivity index (χ0n) is 7.31. The van der Waals surface area contributed by atoms with Crippen LogP contribution in [-0.4, -0.2) is 16.9 Å². The molecule has 0 aliphatic heterocycles. The summed E-state index contributed by atoms with van der Waals surface area (Å²) in [6.07, 6.45) is 2.36. The summed E-state index contributed by atoms with van der Waals surface area (Å²) in [5, 5.41) is 8.30. The number of hydrogen-bond acceptors (Lipinski definition) is 3. The molecule has 0 radical (unpaired) electrons. The van der Waals surface area contributed by atoms with E-state index in [9.17, 15) is 9.59 Å². The number of carbonyl (C=O) groups is 2. The average molecular weight is 191 g/mol. The minimum atomic E-state index is -1.48. The molecule has 0 amide bonds. The normalized spacial score (nSPS) is 10.3. The fourth-order valence-electron chi connectivity index (χ4n) is 0.899. The third-order valence-corrected chi connectivity index (χ3v) is 1.62. The molecule has 0 aromatic heterocycles. The van der Waals surface area contributed by atoms with Gasteiger partial charge in [-0.15, -0.1) is 0 Å². The molecule has 0 unspecified atom stereocenters. The lowest BCUT2D eigenvalue weighted by atomic mass is 10.1. The molecule has 4 heteroatoms. The number of benzene rings is 1. The highest BCUT2D eigenvalue weighted by atomic mass is 16.4. The number of para-hydroxylation sites is 1. The standard InChI is InChI=1S/C10H9NO3/c11-8-4-2-1-3-7(8)5-6-9(12)10(13)14/h1-6H,11H2,(H,13,14)/b6-5+. The quantitative estimate of drug-likeness (QED) is 0.423. The first-order valence-electron chi connectivity index (χ1n) is 3.91. The average Bonchev–Trinajstić information content (AvgIpc) is 2.16. The predicted octanol–water partition coefficient (Wildman–Crippen LogP) is 0.936. The van der Waals surface area contributed by atoms with Gasteiger partial charge in [-0.3, -0.25) is 4.79 Å². The Morgan fingerprint density at radius 1 is 1.29 bits per heavy atom. The molecule has 0 heterocycles. The monoisotopic (exact) mass is 191 g/mol. The zero-order valence-corrected chi connectivity index (χ0v) is 7.31. The summed E-state index contributed by atoms with van der Waals surface area (Å²) in [6.45, 7) is 0. The molecule has 0 atom stereocenters. The first-order valence-corrected chi connectivity index (χ1v) is 3.91. The van der Waals surface area contributed by atoms with E-state index in [2.05, 4.69) is 0 Å². The van der Waals surface area contributed by atoms with Crippen LogP contribution < -0.4 is 5.73 Å². The van der Waals surface area contributed by atoms with E-state index in [1.807, 2.05) is 0 Å². The number of rotatable bonds is 3.